The third kappa shape index (κ3) is 3.89. The van der Waals surface area contributed by atoms with E-state index in [-0.39, 0.29) is 17.3 Å². The number of phenols is 1. The third-order valence-electron chi connectivity index (χ3n) is 3.54. The number of rotatable bonds is 4. The number of hydrogen-bond acceptors (Lipinski definition) is 8. The van der Waals surface area contributed by atoms with Crippen molar-refractivity contribution in [3.63, 3.8) is 0 Å². The van der Waals surface area contributed by atoms with Crippen LogP contribution in [0.3, 0.4) is 0 Å². The fourth-order valence-electron chi connectivity index (χ4n) is 2.19. The summed E-state index contributed by atoms with van der Waals surface area (Å²) in [6, 6.07) is 4.62. The van der Waals surface area contributed by atoms with Crippen molar-refractivity contribution in [1.82, 2.24) is 5.32 Å². The van der Waals surface area contributed by atoms with Crippen molar-refractivity contribution in [2.24, 2.45) is 4.99 Å². The molecular weight excluding hydrogens is 320 g/mol. The number of aliphatic carboxylic acids is 1. The number of benzene rings is 1. The average molecular weight is 338 g/mol. The molecule has 1 heterocycles. The molecule has 0 bridgehead atoms. The quantitative estimate of drug-likeness (QED) is 0.318. The first kappa shape index (κ1) is 17.9. The predicted molar refractivity (Wildman–Crippen MR) is 83.2 cm³/mol. The minimum Gasteiger partial charge on any atom is -0.508 e. The van der Waals surface area contributed by atoms with Crippen molar-refractivity contribution < 1.29 is 35.4 Å². The molecule has 130 valence electrons. The summed E-state index contributed by atoms with van der Waals surface area (Å²) in [7, 11) is 0. The van der Waals surface area contributed by atoms with E-state index in [9.17, 15) is 30.3 Å². The Hall–Kier alpha value is -2.46. The number of aliphatic imine (C=N–C) groups is 1. The van der Waals surface area contributed by atoms with Gasteiger partial charge in [-0.2, -0.15) is 0 Å². The smallest absolute Gasteiger partial charge is 0.352 e. The highest BCUT2D eigenvalue weighted by Gasteiger charge is 2.39. The van der Waals surface area contributed by atoms with Crippen LogP contribution in [0.4, 0.5) is 0 Å². The molecule has 7 N–H and O–H groups in total. The van der Waals surface area contributed by atoms with Gasteiger partial charge < -0.3 is 36.0 Å². The van der Waals surface area contributed by atoms with E-state index in [0.717, 1.165) is 0 Å². The fraction of sp³-hybridized carbons (Fsp3) is 0.333. The molecule has 0 spiro atoms. The van der Waals surface area contributed by atoms with Gasteiger partial charge in [0, 0.05) is 0 Å². The van der Waals surface area contributed by atoms with E-state index in [4.69, 9.17) is 5.11 Å². The summed E-state index contributed by atoms with van der Waals surface area (Å²) in [6.45, 7) is -0.583. The van der Waals surface area contributed by atoms with E-state index in [2.05, 4.69) is 10.3 Å². The number of aliphatic hydroxyl groups excluding tert-OH is 4. The Balaban J connectivity index is 2.30. The molecule has 1 aliphatic heterocycles. The molecule has 1 aromatic rings. The zero-order valence-electron chi connectivity index (χ0n) is 12.4. The number of aliphatic hydroxyl groups is 4. The van der Waals surface area contributed by atoms with Crippen LogP contribution in [-0.2, 0) is 4.79 Å². The first-order valence-corrected chi connectivity index (χ1v) is 7.07. The topological polar surface area (TPSA) is 163 Å². The highest BCUT2D eigenvalue weighted by molar-refractivity contribution is 6.00. The number of aromatic hydroxyl groups is 1. The van der Waals surface area contributed by atoms with Gasteiger partial charge in [-0.25, -0.2) is 4.79 Å². The lowest BCUT2D eigenvalue weighted by Gasteiger charge is -2.33. The molecular formula is C15H18N2O7. The molecule has 0 saturated heterocycles. The summed E-state index contributed by atoms with van der Waals surface area (Å²) in [6.07, 6.45) is -3.48. The molecule has 4 atom stereocenters. The van der Waals surface area contributed by atoms with Crippen molar-refractivity contribution in [2.75, 3.05) is 6.61 Å². The lowest BCUT2D eigenvalue weighted by molar-refractivity contribution is -0.132. The molecule has 9 heteroatoms. The van der Waals surface area contributed by atoms with E-state index in [1.165, 1.54) is 30.3 Å². The Morgan fingerprint density at radius 1 is 1.17 bits per heavy atom. The van der Waals surface area contributed by atoms with Gasteiger partial charge >= 0.3 is 5.97 Å². The summed E-state index contributed by atoms with van der Waals surface area (Å²) < 4.78 is 0. The van der Waals surface area contributed by atoms with Crippen LogP contribution in [0.15, 0.2) is 35.0 Å². The normalized spacial score (nSPS) is 27.5. The van der Waals surface area contributed by atoms with Gasteiger partial charge in [-0.05, 0) is 23.8 Å². The second-order valence-electron chi connectivity index (χ2n) is 5.27. The van der Waals surface area contributed by atoms with Crippen LogP contribution >= 0.6 is 0 Å². The van der Waals surface area contributed by atoms with E-state index in [0.29, 0.717) is 5.56 Å². The Labute approximate surface area is 136 Å². The molecule has 0 amide bonds. The summed E-state index contributed by atoms with van der Waals surface area (Å²) >= 11 is 0. The lowest BCUT2D eigenvalue weighted by atomic mass is 9.97. The van der Waals surface area contributed by atoms with E-state index in [1.54, 1.807) is 0 Å². The maximum Gasteiger partial charge on any atom is 0.352 e. The van der Waals surface area contributed by atoms with E-state index < -0.39 is 36.9 Å². The Bertz CT molecular complexity index is 656. The van der Waals surface area contributed by atoms with Crippen LogP contribution in [0, 0.1) is 0 Å². The summed E-state index contributed by atoms with van der Waals surface area (Å²) in [4.78, 5) is 15.2. The van der Waals surface area contributed by atoms with Gasteiger partial charge in [0.05, 0.1) is 6.61 Å². The highest BCUT2D eigenvalue weighted by atomic mass is 16.4. The number of carbonyl (C=O) groups is 1. The molecule has 0 unspecified atom stereocenters. The molecule has 1 aliphatic rings. The molecule has 2 rings (SSSR count). The largest absolute Gasteiger partial charge is 0.508 e. The minimum atomic E-state index is -1.63. The maximum absolute atomic E-state index is 11.4. The van der Waals surface area contributed by atoms with Crippen LogP contribution in [0.25, 0.3) is 6.08 Å². The Morgan fingerprint density at radius 2 is 1.79 bits per heavy atom. The van der Waals surface area contributed by atoms with Crippen LogP contribution in [0.2, 0.25) is 0 Å². The zero-order chi connectivity index (χ0) is 17.9. The second-order valence-corrected chi connectivity index (χ2v) is 5.27. The fourth-order valence-corrected chi connectivity index (χ4v) is 2.19. The van der Waals surface area contributed by atoms with Gasteiger partial charge in [0.15, 0.2) is 0 Å². The van der Waals surface area contributed by atoms with E-state index in [1.807, 2.05) is 0 Å². The van der Waals surface area contributed by atoms with Gasteiger partial charge in [0.1, 0.15) is 41.6 Å². The molecule has 0 aliphatic carbocycles. The highest BCUT2D eigenvalue weighted by Crippen LogP contribution is 2.17. The zero-order valence-corrected chi connectivity index (χ0v) is 12.4. The number of carboxylic acid groups (broad SMARTS) is 1. The molecule has 0 saturated carbocycles. The van der Waals surface area contributed by atoms with Crippen LogP contribution in [-0.4, -0.2) is 73.4 Å². The number of carboxylic acids is 1. The van der Waals surface area contributed by atoms with Crippen LogP contribution in [0.1, 0.15) is 5.56 Å². The van der Waals surface area contributed by atoms with Crippen molar-refractivity contribution in [1.29, 1.82) is 0 Å². The number of phenolic OH excluding ortho intramolecular Hbond substituents is 1. The van der Waals surface area contributed by atoms with E-state index >= 15 is 0 Å². The third-order valence-corrected chi connectivity index (χ3v) is 3.54. The summed E-state index contributed by atoms with van der Waals surface area (Å²) in [5.41, 5.74) is 0.113. The number of nitrogens with one attached hydrogen (secondary N) is 1. The lowest BCUT2D eigenvalue weighted by Crippen LogP contribution is -2.56. The van der Waals surface area contributed by atoms with Gasteiger partial charge in [-0.15, -0.1) is 0 Å². The predicted octanol–water partition coefficient (Wildman–Crippen LogP) is -1.74. The van der Waals surface area contributed by atoms with Gasteiger partial charge in [-0.1, -0.05) is 12.1 Å². The van der Waals surface area contributed by atoms with Crippen molar-refractivity contribution >= 4 is 17.9 Å². The molecule has 24 heavy (non-hydrogen) atoms. The number of hydrogen-bond donors (Lipinski definition) is 7. The monoisotopic (exact) mass is 338 g/mol. The molecule has 9 nitrogen and oxygen atoms in total. The molecule has 1 aromatic carbocycles. The number of amidine groups is 1. The van der Waals surface area contributed by atoms with Gasteiger partial charge in [0.2, 0.25) is 0 Å². The minimum absolute atomic E-state index is 0.0203. The average Bonchev–Trinajstić information content (AvgIpc) is 2.56. The van der Waals surface area contributed by atoms with Crippen molar-refractivity contribution in [3.05, 3.63) is 35.5 Å². The van der Waals surface area contributed by atoms with Crippen molar-refractivity contribution in [2.45, 2.75) is 24.4 Å². The Morgan fingerprint density at radius 3 is 2.33 bits per heavy atom. The molecule has 0 radical (unpaired) electrons. The first-order valence-electron chi connectivity index (χ1n) is 7.07. The second kappa shape index (κ2) is 7.41. The van der Waals surface area contributed by atoms with Gasteiger partial charge in [0.25, 0.3) is 0 Å². The Kier molecular flexibility index (Phi) is 5.52. The van der Waals surface area contributed by atoms with Crippen LogP contribution in [0.5, 0.6) is 5.75 Å². The van der Waals surface area contributed by atoms with Crippen LogP contribution < -0.4 is 5.32 Å². The molecule has 0 aromatic heterocycles. The SMILES string of the molecule is O=C(O)/C(=C\c1ccc(O)cc1)NC1=N[C@H](CO)[C@@H](O)[C@H](O)[C@H]1O. The maximum atomic E-state index is 11.4. The summed E-state index contributed by atoms with van der Waals surface area (Å²) in [5.74, 6) is -1.61. The first-order chi connectivity index (χ1) is 11.3. The summed E-state index contributed by atoms with van der Waals surface area (Å²) in [5, 5.41) is 59.4. The number of nitrogens with zero attached hydrogens (tertiary/aromatic N) is 1. The van der Waals surface area contributed by atoms with Crippen molar-refractivity contribution in [3.8, 4) is 5.75 Å². The van der Waals surface area contributed by atoms with Gasteiger partial charge in [-0.3, -0.25) is 4.99 Å². The standard InChI is InChI=1S/C15H18N2O7/c18-6-10-11(20)12(21)13(22)14(17-10)16-9(15(23)24)5-7-1-3-8(19)4-2-7/h1-5,10-13,18-22H,6H2,(H,16,17)(H,23,24)/b9-5+/t10-,11-,12+,13-/m1/s1. The molecule has 0 fully saturated rings.